The van der Waals surface area contributed by atoms with E-state index in [4.69, 9.17) is 17.0 Å². The van der Waals surface area contributed by atoms with Crippen LogP contribution in [0.1, 0.15) is 0 Å². The van der Waals surface area contributed by atoms with Gasteiger partial charge in [0.15, 0.2) is 0 Å². The molecule has 4 N–H and O–H groups in total. The highest BCUT2D eigenvalue weighted by Gasteiger charge is 2.18. The van der Waals surface area contributed by atoms with Crippen LogP contribution < -0.4 is 0 Å². The zero-order chi connectivity index (χ0) is 19.0. The van der Waals surface area contributed by atoms with E-state index in [0.29, 0.717) is 22.5 Å². The molecular formula is C20H19N3O3S. The summed E-state index contributed by atoms with van der Waals surface area (Å²) >= 11 is 5.52. The summed E-state index contributed by atoms with van der Waals surface area (Å²) in [5, 5.41) is 27.0. The van der Waals surface area contributed by atoms with Crippen LogP contribution in [0, 0.1) is 4.64 Å². The highest BCUT2D eigenvalue weighted by atomic mass is 32.1. The van der Waals surface area contributed by atoms with Crippen LogP contribution in [-0.4, -0.2) is 38.7 Å². The van der Waals surface area contributed by atoms with Gasteiger partial charge in [-0.05, 0) is 29.8 Å². The number of aromatic nitrogens is 3. The largest absolute Gasteiger partial charge is 0.508 e. The number of nitrogens with zero attached hydrogens (tertiary/aromatic N) is 1. The molecule has 0 aliphatic heterocycles. The van der Waals surface area contributed by atoms with Gasteiger partial charge in [-0.15, -0.1) is 0 Å². The zero-order valence-corrected chi connectivity index (χ0v) is 15.5. The molecule has 0 amide bonds. The Hall–Kier alpha value is -3.03. The molecular weight excluding hydrogens is 362 g/mol. The van der Waals surface area contributed by atoms with Gasteiger partial charge in [0.1, 0.15) is 16.1 Å². The second-order valence-electron chi connectivity index (χ2n) is 6.27. The molecule has 0 aliphatic rings. The highest BCUT2D eigenvalue weighted by Crippen LogP contribution is 2.40. The van der Waals surface area contributed by atoms with Crippen molar-refractivity contribution in [3.05, 3.63) is 53.3 Å². The number of hydrogen-bond acceptors (Lipinski definition) is 4. The summed E-state index contributed by atoms with van der Waals surface area (Å²) in [6.45, 7) is 1.39. The van der Waals surface area contributed by atoms with Crippen LogP contribution in [0.15, 0.2) is 48.7 Å². The van der Waals surface area contributed by atoms with Gasteiger partial charge in [0.2, 0.25) is 0 Å². The second kappa shape index (κ2) is 6.94. The van der Waals surface area contributed by atoms with Crippen LogP contribution in [0.3, 0.4) is 0 Å². The summed E-state index contributed by atoms with van der Waals surface area (Å²) in [7, 11) is 1.69. The van der Waals surface area contributed by atoms with Gasteiger partial charge in [-0.2, -0.15) is 0 Å². The van der Waals surface area contributed by atoms with Crippen molar-refractivity contribution in [3.8, 4) is 33.9 Å². The van der Waals surface area contributed by atoms with Crippen molar-refractivity contribution in [1.82, 2.24) is 14.8 Å². The molecule has 4 aromatic rings. The molecule has 0 aliphatic carbocycles. The lowest BCUT2D eigenvalue weighted by Gasteiger charge is -2.09. The van der Waals surface area contributed by atoms with E-state index in [1.807, 2.05) is 18.3 Å². The molecule has 0 saturated heterocycles. The molecule has 0 saturated carbocycles. The number of nitrogens with one attached hydrogen (secondary N) is 2. The molecule has 0 spiro atoms. The van der Waals surface area contributed by atoms with Gasteiger partial charge in [0, 0.05) is 47.9 Å². The number of benzene rings is 2. The predicted octanol–water partition coefficient (Wildman–Crippen LogP) is 4.42. The lowest BCUT2D eigenvalue weighted by atomic mass is 9.98. The number of H-pyrrole nitrogens is 2. The topological polar surface area (TPSA) is 86.2 Å². The van der Waals surface area contributed by atoms with Gasteiger partial charge in [-0.3, -0.25) is 10.2 Å². The van der Waals surface area contributed by atoms with Crippen molar-refractivity contribution in [2.45, 2.75) is 6.54 Å². The summed E-state index contributed by atoms with van der Waals surface area (Å²) < 4.78 is 7.88. The average molecular weight is 381 g/mol. The maximum atomic E-state index is 10.3. The van der Waals surface area contributed by atoms with E-state index < -0.39 is 0 Å². The number of aromatic hydroxyl groups is 2. The first-order valence-electron chi connectivity index (χ1n) is 8.50. The standard InChI is InChI=1S/C20H19N3O3S/c1-26-10-9-23-8-7-13-14(3-2-4-16(13)23)18-19(21-22-20(18)27)15-6-5-12(24)11-17(15)25/h2-8,11,24-25H,9-10H2,1H3,(H2,21,22,27). The van der Waals surface area contributed by atoms with Crippen LogP contribution in [0.25, 0.3) is 33.3 Å². The lowest BCUT2D eigenvalue weighted by molar-refractivity contribution is 0.188. The molecule has 7 heteroatoms. The van der Waals surface area contributed by atoms with Crippen molar-refractivity contribution in [1.29, 1.82) is 0 Å². The van der Waals surface area contributed by atoms with Crippen LogP contribution in [0.5, 0.6) is 11.5 Å². The second-order valence-corrected chi connectivity index (χ2v) is 6.68. The van der Waals surface area contributed by atoms with Crippen molar-refractivity contribution < 1.29 is 14.9 Å². The maximum absolute atomic E-state index is 10.3. The van der Waals surface area contributed by atoms with Crippen molar-refractivity contribution in [2.24, 2.45) is 0 Å². The van der Waals surface area contributed by atoms with Gasteiger partial charge < -0.3 is 19.5 Å². The summed E-state index contributed by atoms with van der Waals surface area (Å²) in [6, 6.07) is 12.6. The van der Waals surface area contributed by atoms with E-state index in [1.165, 1.54) is 12.1 Å². The average Bonchev–Trinajstić information content (AvgIpc) is 3.23. The summed E-state index contributed by atoms with van der Waals surface area (Å²) in [5.74, 6) is -0.0180. The molecule has 138 valence electrons. The number of methoxy groups -OCH3 is 1. The fourth-order valence-electron chi connectivity index (χ4n) is 3.37. The number of fused-ring (bicyclic) bond motifs is 1. The van der Waals surface area contributed by atoms with E-state index in [2.05, 4.69) is 26.9 Å². The fraction of sp³-hybridized carbons (Fsp3) is 0.150. The molecule has 0 bridgehead atoms. The Morgan fingerprint density at radius 3 is 2.70 bits per heavy atom. The molecule has 4 rings (SSSR count). The Kier molecular flexibility index (Phi) is 4.47. The Morgan fingerprint density at radius 1 is 1.07 bits per heavy atom. The summed E-state index contributed by atoms with van der Waals surface area (Å²) in [4.78, 5) is 0. The number of phenolic OH excluding ortho intramolecular Hbond substituents is 2. The van der Waals surface area contributed by atoms with Gasteiger partial charge in [0.05, 0.1) is 12.3 Å². The van der Waals surface area contributed by atoms with Crippen LogP contribution >= 0.6 is 12.2 Å². The number of phenols is 2. The third-order valence-corrected chi connectivity index (χ3v) is 4.95. The molecule has 0 radical (unpaired) electrons. The summed E-state index contributed by atoms with van der Waals surface area (Å²) in [5.41, 5.74) is 4.09. The molecule has 0 fully saturated rings. The third-order valence-electron chi connectivity index (χ3n) is 4.65. The van der Waals surface area contributed by atoms with Crippen LogP contribution in [0.2, 0.25) is 0 Å². The molecule has 2 heterocycles. The zero-order valence-electron chi connectivity index (χ0n) is 14.7. The normalized spacial score (nSPS) is 11.3. The molecule has 27 heavy (non-hydrogen) atoms. The first-order valence-corrected chi connectivity index (χ1v) is 8.91. The molecule has 6 nitrogen and oxygen atoms in total. The quantitative estimate of drug-likeness (QED) is 0.386. The van der Waals surface area contributed by atoms with Crippen LogP contribution in [0.4, 0.5) is 0 Å². The van der Waals surface area contributed by atoms with Gasteiger partial charge in [-0.25, -0.2) is 0 Å². The Morgan fingerprint density at radius 2 is 1.93 bits per heavy atom. The number of ether oxygens (including phenoxy) is 1. The molecule has 2 aromatic carbocycles. The van der Waals surface area contributed by atoms with E-state index in [1.54, 1.807) is 13.2 Å². The van der Waals surface area contributed by atoms with E-state index >= 15 is 0 Å². The first kappa shape index (κ1) is 17.4. The monoisotopic (exact) mass is 381 g/mol. The van der Waals surface area contributed by atoms with E-state index in [9.17, 15) is 10.2 Å². The van der Waals surface area contributed by atoms with Gasteiger partial charge >= 0.3 is 0 Å². The molecule has 0 unspecified atom stereocenters. The Bertz CT molecular complexity index is 1170. The maximum Gasteiger partial charge on any atom is 0.128 e. The SMILES string of the molecule is COCCn1ccc2c(-c3c(-c4ccc(O)cc4O)[nH][nH]c3=S)cccc21. The predicted molar refractivity (Wildman–Crippen MR) is 108 cm³/mol. The summed E-state index contributed by atoms with van der Waals surface area (Å²) in [6.07, 6.45) is 2.03. The van der Waals surface area contributed by atoms with Crippen molar-refractivity contribution in [3.63, 3.8) is 0 Å². The Balaban J connectivity index is 1.91. The van der Waals surface area contributed by atoms with E-state index in [0.717, 1.165) is 28.6 Å². The smallest absolute Gasteiger partial charge is 0.128 e. The Labute approximate surface area is 160 Å². The third kappa shape index (κ3) is 3.01. The van der Waals surface area contributed by atoms with Gasteiger partial charge in [-0.1, -0.05) is 24.4 Å². The highest BCUT2D eigenvalue weighted by molar-refractivity contribution is 7.71. The minimum absolute atomic E-state index is 0.00394. The number of rotatable bonds is 5. The first-order chi connectivity index (χ1) is 13.1. The van der Waals surface area contributed by atoms with E-state index in [-0.39, 0.29) is 11.5 Å². The van der Waals surface area contributed by atoms with Crippen LogP contribution in [-0.2, 0) is 11.3 Å². The lowest BCUT2D eigenvalue weighted by Crippen LogP contribution is -2.02. The minimum atomic E-state index is -0.0219. The van der Waals surface area contributed by atoms with Gasteiger partial charge in [0.25, 0.3) is 0 Å². The van der Waals surface area contributed by atoms with Crippen molar-refractivity contribution in [2.75, 3.05) is 13.7 Å². The minimum Gasteiger partial charge on any atom is -0.508 e. The molecule has 0 atom stereocenters. The number of aromatic amines is 2. The molecule has 2 aromatic heterocycles. The number of hydrogen-bond donors (Lipinski definition) is 4. The van der Waals surface area contributed by atoms with Crippen molar-refractivity contribution >= 4 is 23.1 Å². The fourth-order valence-corrected chi connectivity index (χ4v) is 3.64.